The number of nitrogens with two attached hydrogens (primary N) is 1. The van der Waals surface area contributed by atoms with Gasteiger partial charge in [0.25, 0.3) is 0 Å². The topological polar surface area (TPSA) is 75.9 Å². The van der Waals surface area contributed by atoms with E-state index in [1.165, 1.54) is 16.4 Å². The number of sulfonamides is 1. The number of benzene rings is 2. The maximum absolute atomic E-state index is 13.3. The number of anilines is 2. The van der Waals surface area contributed by atoms with Crippen molar-refractivity contribution in [3.8, 4) is 0 Å². The van der Waals surface area contributed by atoms with Crippen LogP contribution in [0.15, 0.2) is 47.4 Å². The van der Waals surface area contributed by atoms with Gasteiger partial charge in [-0.3, -0.25) is 0 Å². The van der Waals surface area contributed by atoms with Gasteiger partial charge in [0.2, 0.25) is 10.0 Å². The third kappa shape index (κ3) is 4.63. The molecule has 0 aromatic heterocycles. The molecule has 0 spiro atoms. The van der Waals surface area contributed by atoms with E-state index < -0.39 is 15.8 Å². The Hall–Kier alpha value is -2.16. The van der Waals surface area contributed by atoms with Crippen LogP contribution in [0.3, 0.4) is 0 Å². The molecule has 1 aliphatic heterocycles. The van der Waals surface area contributed by atoms with E-state index in [-0.39, 0.29) is 24.1 Å². The number of rotatable bonds is 7. The van der Waals surface area contributed by atoms with Gasteiger partial charge in [0.15, 0.2) is 0 Å². The van der Waals surface area contributed by atoms with E-state index in [1.807, 2.05) is 25.1 Å². The number of nitrogen functional groups attached to an aromatic ring is 1. The van der Waals surface area contributed by atoms with Crippen molar-refractivity contribution in [1.82, 2.24) is 4.31 Å². The van der Waals surface area contributed by atoms with Gasteiger partial charge in [0, 0.05) is 45.2 Å². The van der Waals surface area contributed by atoms with E-state index in [0.717, 1.165) is 36.2 Å². The quantitative estimate of drug-likeness (QED) is 0.715. The summed E-state index contributed by atoms with van der Waals surface area (Å²) in [7, 11) is -0.0380. The summed E-state index contributed by atoms with van der Waals surface area (Å²) in [6.07, 6.45) is 1.57. The number of ether oxygens (including phenoxy) is 1. The van der Waals surface area contributed by atoms with Crippen molar-refractivity contribution < 1.29 is 17.5 Å². The molecule has 1 heterocycles. The van der Waals surface area contributed by atoms with Gasteiger partial charge >= 0.3 is 0 Å². The van der Waals surface area contributed by atoms with Crippen LogP contribution in [0.5, 0.6) is 0 Å². The molecule has 2 N–H and O–H groups in total. The van der Waals surface area contributed by atoms with E-state index in [2.05, 4.69) is 0 Å². The normalized spacial score (nSPS) is 17.2. The minimum atomic E-state index is -3.83. The second kappa shape index (κ2) is 8.46. The summed E-state index contributed by atoms with van der Waals surface area (Å²) >= 11 is 0. The molecule has 1 fully saturated rings. The SMILES string of the molecule is CN(C)c1ccc(N)cc1CN(CC1CCCO1)S(=O)(=O)c1ccc(F)cc1. The maximum Gasteiger partial charge on any atom is 0.243 e. The van der Waals surface area contributed by atoms with E-state index in [0.29, 0.717) is 12.3 Å². The predicted octanol–water partition coefficient (Wildman–Crippen LogP) is 2.84. The lowest BCUT2D eigenvalue weighted by atomic mass is 10.1. The van der Waals surface area contributed by atoms with Gasteiger partial charge < -0.3 is 15.4 Å². The molecule has 0 radical (unpaired) electrons. The van der Waals surface area contributed by atoms with Gasteiger partial charge in [-0.25, -0.2) is 12.8 Å². The number of nitrogens with zero attached hydrogens (tertiary/aromatic N) is 2. The summed E-state index contributed by atoms with van der Waals surface area (Å²) in [6.45, 7) is 1.02. The standard InChI is InChI=1S/C20H26FN3O3S/c1-23(2)20-10-7-17(22)12-15(20)13-24(14-18-4-3-11-27-18)28(25,26)19-8-5-16(21)6-9-19/h5-10,12,18H,3-4,11,13-14,22H2,1-2H3. The van der Waals surface area contributed by atoms with Crippen LogP contribution in [-0.2, 0) is 21.3 Å². The molecule has 0 saturated carbocycles. The van der Waals surface area contributed by atoms with Crippen LogP contribution in [0.4, 0.5) is 15.8 Å². The zero-order chi connectivity index (χ0) is 20.3. The van der Waals surface area contributed by atoms with Crippen LogP contribution in [0.25, 0.3) is 0 Å². The van der Waals surface area contributed by atoms with Gasteiger partial charge in [-0.05, 0) is 60.9 Å². The van der Waals surface area contributed by atoms with E-state index >= 15 is 0 Å². The van der Waals surface area contributed by atoms with Crippen molar-refractivity contribution >= 4 is 21.4 Å². The lowest BCUT2D eigenvalue weighted by Gasteiger charge is -2.27. The molecule has 2 aromatic rings. The molecular weight excluding hydrogens is 381 g/mol. The molecule has 8 heteroatoms. The van der Waals surface area contributed by atoms with E-state index in [9.17, 15) is 12.8 Å². The Balaban J connectivity index is 1.97. The zero-order valence-corrected chi connectivity index (χ0v) is 17.0. The van der Waals surface area contributed by atoms with Crippen molar-refractivity contribution in [2.24, 2.45) is 0 Å². The highest BCUT2D eigenvalue weighted by molar-refractivity contribution is 7.89. The lowest BCUT2D eigenvalue weighted by Crippen LogP contribution is -2.37. The van der Waals surface area contributed by atoms with Crippen LogP contribution in [0.2, 0.25) is 0 Å². The molecule has 6 nitrogen and oxygen atoms in total. The Morgan fingerprint density at radius 3 is 2.50 bits per heavy atom. The minimum absolute atomic E-state index is 0.0576. The first-order valence-corrected chi connectivity index (χ1v) is 10.6. The Bertz CT molecular complexity index is 911. The molecule has 1 aliphatic rings. The number of hydrogen-bond acceptors (Lipinski definition) is 5. The molecule has 1 saturated heterocycles. The Labute approximate surface area is 165 Å². The Morgan fingerprint density at radius 2 is 1.89 bits per heavy atom. The first kappa shape index (κ1) is 20.6. The van der Waals surface area contributed by atoms with Gasteiger partial charge in [-0.15, -0.1) is 0 Å². The Morgan fingerprint density at radius 1 is 1.18 bits per heavy atom. The summed E-state index contributed by atoms with van der Waals surface area (Å²) in [5.74, 6) is -0.477. The zero-order valence-electron chi connectivity index (χ0n) is 16.1. The van der Waals surface area contributed by atoms with Gasteiger partial charge in [-0.2, -0.15) is 4.31 Å². The molecular formula is C20H26FN3O3S. The predicted molar refractivity (Wildman–Crippen MR) is 108 cm³/mol. The fourth-order valence-electron chi connectivity index (χ4n) is 3.38. The highest BCUT2D eigenvalue weighted by atomic mass is 32.2. The fourth-order valence-corrected chi connectivity index (χ4v) is 4.83. The average molecular weight is 408 g/mol. The number of hydrogen-bond donors (Lipinski definition) is 1. The lowest BCUT2D eigenvalue weighted by molar-refractivity contribution is 0.0926. The van der Waals surface area contributed by atoms with Crippen LogP contribution in [-0.4, -0.2) is 46.1 Å². The van der Waals surface area contributed by atoms with Crippen LogP contribution < -0.4 is 10.6 Å². The molecule has 1 unspecified atom stereocenters. The number of halogens is 1. The summed E-state index contributed by atoms with van der Waals surface area (Å²) in [6, 6.07) is 10.3. The summed E-state index contributed by atoms with van der Waals surface area (Å²) in [4.78, 5) is 1.98. The molecule has 0 aliphatic carbocycles. The van der Waals surface area contributed by atoms with E-state index in [4.69, 9.17) is 10.5 Å². The molecule has 152 valence electrons. The fraction of sp³-hybridized carbons (Fsp3) is 0.400. The third-order valence-electron chi connectivity index (χ3n) is 4.81. The van der Waals surface area contributed by atoms with Crippen molar-refractivity contribution in [3.63, 3.8) is 0 Å². The minimum Gasteiger partial charge on any atom is -0.399 e. The first-order valence-electron chi connectivity index (χ1n) is 9.20. The van der Waals surface area contributed by atoms with Crippen molar-refractivity contribution in [3.05, 3.63) is 53.8 Å². The Kier molecular flexibility index (Phi) is 6.22. The van der Waals surface area contributed by atoms with E-state index in [1.54, 1.807) is 12.1 Å². The maximum atomic E-state index is 13.3. The molecule has 1 atom stereocenters. The monoisotopic (exact) mass is 407 g/mol. The summed E-state index contributed by atoms with van der Waals surface area (Å²) < 4.78 is 47.0. The second-order valence-corrected chi connectivity index (χ2v) is 9.11. The molecule has 3 rings (SSSR count). The van der Waals surface area contributed by atoms with Crippen molar-refractivity contribution in [2.45, 2.75) is 30.4 Å². The second-order valence-electron chi connectivity index (χ2n) is 7.17. The van der Waals surface area contributed by atoms with Gasteiger partial charge in [0.05, 0.1) is 11.0 Å². The summed E-state index contributed by atoms with van der Waals surface area (Å²) in [5, 5.41) is 0. The van der Waals surface area contributed by atoms with Crippen molar-refractivity contribution in [2.75, 3.05) is 37.9 Å². The van der Waals surface area contributed by atoms with Crippen LogP contribution >= 0.6 is 0 Å². The molecule has 0 bridgehead atoms. The molecule has 2 aromatic carbocycles. The molecule has 0 amide bonds. The van der Waals surface area contributed by atoms with Gasteiger partial charge in [0.1, 0.15) is 5.82 Å². The largest absolute Gasteiger partial charge is 0.399 e. The summed E-state index contributed by atoms with van der Waals surface area (Å²) in [5.41, 5.74) is 8.21. The first-order chi connectivity index (χ1) is 13.3. The average Bonchev–Trinajstić information content (AvgIpc) is 3.14. The molecule has 28 heavy (non-hydrogen) atoms. The highest BCUT2D eigenvalue weighted by Crippen LogP contribution is 2.27. The highest BCUT2D eigenvalue weighted by Gasteiger charge is 2.30. The third-order valence-corrected chi connectivity index (χ3v) is 6.64. The van der Waals surface area contributed by atoms with Crippen LogP contribution in [0.1, 0.15) is 18.4 Å². The smallest absolute Gasteiger partial charge is 0.243 e. The van der Waals surface area contributed by atoms with Crippen molar-refractivity contribution in [1.29, 1.82) is 0 Å². The van der Waals surface area contributed by atoms with Crippen LogP contribution in [0, 0.1) is 5.82 Å². The van der Waals surface area contributed by atoms with Gasteiger partial charge in [-0.1, -0.05) is 0 Å².